The highest BCUT2D eigenvalue weighted by atomic mass is 16.6. The molecule has 0 bridgehead atoms. The van der Waals surface area contributed by atoms with Crippen molar-refractivity contribution < 1.29 is 9.72 Å². The summed E-state index contributed by atoms with van der Waals surface area (Å²) in [6.45, 7) is 2.00. The van der Waals surface area contributed by atoms with Crippen LogP contribution in [0.15, 0.2) is 84.7 Å². The summed E-state index contributed by atoms with van der Waals surface area (Å²) in [6, 6.07) is 0. The monoisotopic (exact) mass is 354 g/mol. The lowest BCUT2D eigenvalue weighted by atomic mass is 10.2. The van der Waals surface area contributed by atoms with E-state index in [9.17, 15) is 14.9 Å². The molecule has 0 rings (SSSR count). The van der Waals surface area contributed by atoms with Gasteiger partial charge in [0.15, 0.2) is 6.29 Å². The largest absolute Gasteiger partial charge is 0.291 e. The highest BCUT2D eigenvalue weighted by Gasteiger charge is 2.05. The normalized spacial score (nSPS) is 13.5. The first-order valence-corrected chi connectivity index (χ1v) is 8.85. The van der Waals surface area contributed by atoms with Gasteiger partial charge in [0.1, 0.15) is 0 Å². The summed E-state index contributed by atoms with van der Waals surface area (Å²) in [7, 11) is 0. The molecule has 139 valence electrons. The molecule has 1 radical (unpaired) electrons. The van der Waals surface area contributed by atoms with Gasteiger partial charge >= 0.3 is 0 Å². The van der Waals surface area contributed by atoms with Gasteiger partial charge in [-0.2, -0.15) is 0 Å². The van der Waals surface area contributed by atoms with Crippen molar-refractivity contribution in [2.45, 2.75) is 45.4 Å². The van der Waals surface area contributed by atoms with Crippen LogP contribution < -0.4 is 0 Å². The van der Waals surface area contributed by atoms with Crippen molar-refractivity contribution in [2.75, 3.05) is 0 Å². The molecule has 0 aromatic carbocycles. The number of nitro groups is 1. The molecule has 0 aromatic rings. The number of carbonyl (C=O) groups excluding carboxylic acids is 1. The molecule has 0 saturated carbocycles. The van der Waals surface area contributed by atoms with Gasteiger partial charge < -0.3 is 0 Å². The van der Waals surface area contributed by atoms with E-state index in [1.807, 2.05) is 86.1 Å². The third-order valence-corrected chi connectivity index (χ3v) is 3.13. The minimum absolute atomic E-state index is 0.228. The molecule has 0 fully saturated rings. The SMILES string of the molecule is CC/C=C/C/C(=C/C/C=C/C=C/C=C/C=C/C/C=C/CC[C]=O)[N+](=O)[O-]. The Morgan fingerprint density at radius 1 is 0.885 bits per heavy atom. The van der Waals surface area contributed by atoms with Gasteiger partial charge in [-0.05, 0) is 31.8 Å². The summed E-state index contributed by atoms with van der Waals surface area (Å²) in [5.74, 6) is 0. The predicted octanol–water partition coefficient (Wildman–Crippen LogP) is 5.95. The first-order valence-electron chi connectivity index (χ1n) is 8.85. The van der Waals surface area contributed by atoms with Crippen molar-refractivity contribution in [3.05, 3.63) is 94.8 Å². The van der Waals surface area contributed by atoms with Crippen molar-refractivity contribution in [2.24, 2.45) is 0 Å². The Kier molecular flexibility index (Phi) is 16.6. The lowest BCUT2D eigenvalue weighted by molar-refractivity contribution is -0.427. The van der Waals surface area contributed by atoms with Gasteiger partial charge in [-0.25, -0.2) is 0 Å². The highest BCUT2D eigenvalue weighted by molar-refractivity contribution is 5.50. The second-order valence-electron chi connectivity index (χ2n) is 5.29. The van der Waals surface area contributed by atoms with Crippen LogP contribution in [-0.4, -0.2) is 11.2 Å². The molecule has 0 aliphatic rings. The maximum Gasteiger partial charge on any atom is 0.246 e. The fourth-order valence-electron chi connectivity index (χ4n) is 1.81. The fourth-order valence-corrected chi connectivity index (χ4v) is 1.81. The Labute approximate surface area is 156 Å². The number of allylic oxidation sites excluding steroid dienone is 13. The van der Waals surface area contributed by atoms with E-state index in [2.05, 4.69) is 0 Å². The standard InChI is InChI=1S/C22H28NO3/c1-2-3-16-19-22(23(25)26)20-17-14-12-10-8-6-4-5-7-9-11-13-15-18-21-24/h3-8,10-14,16,20H,2,9,15,17-19H2,1H3/b6-4+,7-5+,10-8+,13-11+,14-12+,16-3+,22-20-. The minimum atomic E-state index is -0.325. The van der Waals surface area contributed by atoms with E-state index in [1.54, 1.807) is 6.08 Å². The molecule has 0 aromatic heterocycles. The molecule has 0 N–H and O–H groups in total. The van der Waals surface area contributed by atoms with E-state index in [-0.39, 0.29) is 10.6 Å². The van der Waals surface area contributed by atoms with Gasteiger partial charge in [0.25, 0.3) is 0 Å². The number of nitrogens with zero attached hydrogens (tertiary/aromatic N) is 1. The van der Waals surface area contributed by atoms with Crippen LogP contribution in [0.5, 0.6) is 0 Å². The third kappa shape index (κ3) is 16.1. The Morgan fingerprint density at radius 2 is 1.54 bits per heavy atom. The van der Waals surface area contributed by atoms with E-state index >= 15 is 0 Å². The van der Waals surface area contributed by atoms with Gasteiger partial charge in [-0.1, -0.05) is 79.8 Å². The molecule has 0 spiro atoms. The summed E-state index contributed by atoms with van der Waals surface area (Å²) < 4.78 is 0. The molecule has 0 amide bonds. The second-order valence-corrected chi connectivity index (χ2v) is 5.29. The van der Waals surface area contributed by atoms with Gasteiger partial charge in [-0.3, -0.25) is 14.9 Å². The van der Waals surface area contributed by atoms with Crippen LogP contribution in [-0.2, 0) is 4.79 Å². The molecule has 4 nitrogen and oxygen atoms in total. The van der Waals surface area contributed by atoms with Crippen LogP contribution in [0, 0.1) is 10.1 Å². The molecule has 4 heteroatoms. The van der Waals surface area contributed by atoms with Crippen LogP contribution in [0.3, 0.4) is 0 Å². The maximum atomic E-state index is 10.9. The van der Waals surface area contributed by atoms with Crippen LogP contribution >= 0.6 is 0 Å². The average molecular weight is 354 g/mol. The Balaban J connectivity index is 4.06. The van der Waals surface area contributed by atoms with Crippen LogP contribution in [0.25, 0.3) is 0 Å². The summed E-state index contributed by atoms with van der Waals surface area (Å²) in [4.78, 5) is 20.6. The van der Waals surface area contributed by atoms with Crippen molar-refractivity contribution >= 4 is 6.29 Å². The number of hydrogen-bond donors (Lipinski definition) is 0. The lowest BCUT2D eigenvalue weighted by Crippen LogP contribution is -1.97. The Morgan fingerprint density at radius 3 is 2.15 bits per heavy atom. The lowest BCUT2D eigenvalue weighted by Gasteiger charge is -1.92. The highest BCUT2D eigenvalue weighted by Crippen LogP contribution is 2.06. The van der Waals surface area contributed by atoms with E-state index in [0.717, 1.165) is 19.3 Å². The fraction of sp³-hybridized carbons (Fsp3) is 0.318. The average Bonchev–Trinajstić information content (AvgIpc) is 2.63. The van der Waals surface area contributed by atoms with Crippen LogP contribution in [0.2, 0.25) is 0 Å². The number of unbranched alkanes of at least 4 members (excludes halogenated alkanes) is 1. The van der Waals surface area contributed by atoms with Crippen molar-refractivity contribution in [1.82, 2.24) is 0 Å². The van der Waals surface area contributed by atoms with Crippen LogP contribution in [0.4, 0.5) is 0 Å². The van der Waals surface area contributed by atoms with Gasteiger partial charge in [0.2, 0.25) is 5.70 Å². The van der Waals surface area contributed by atoms with Gasteiger partial charge in [-0.15, -0.1) is 0 Å². The molecule has 26 heavy (non-hydrogen) atoms. The van der Waals surface area contributed by atoms with E-state index < -0.39 is 0 Å². The Bertz CT molecular complexity index is 591. The molecule has 0 unspecified atom stereocenters. The first kappa shape index (κ1) is 23.2. The topological polar surface area (TPSA) is 60.2 Å². The quantitative estimate of drug-likeness (QED) is 0.127. The molecular formula is C22H28NO3. The Hall–Kier alpha value is -2.75. The minimum Gasteiger partial charge on any atom is -0.291 e. The van der Waals surface area contributed by atoms with E-state index in [0.29, 0.717) is 19.3 Å². The molecule has 0 atom stereocenters. The smallest absolute Gasteiger partial charge is 0.246 e. The second kappa shape index (κ2) is 18.6. The van der Waals surface area contributed by atoms with Gasteiger partial charge in [0.05, 0.1) is 11.3 Å². The summed E-state index contributed by atoms with van der Waals surface area (Å²) in [5, 5.41) is 10.9. The summed E-state index contributed by atoms with van der Waals surface area (Å²) >= 11 is 0. The zero-order valence-electron chi connectivity index (χ0n) is 15.4. The first-order chi connectivity index (χ1) is 12.7. The zero-order valence-corrected chi connectivity index (χ0v) is 15.4. The molecule has 0 heterocycles. The third-order valence-electron chi connectivity index (χ3n) is 3.13. The zero-order chi connectivity index (χ0) is 19.3. The molecule has 0 saturated heterocycles. The van der Waals surface area contributed by atoms with E-state index in [4.69, 9.17) is 0 Å². The van der Waals surface area contributed by atoms with Crippen molar-refractivity contribution in [1.29, 1.82) is 0 Å². The van der Waals surface area contributed by atoms with Gasteiger partial charge in [0, 0.05) is 6.42 Å². The maximum absolute atomic E-state index is 10.9. The van der Waals surface area contributed by atoms with Crippen molar-refractivity contribution in [3.63, 3.8) is 0 Å². The molecular weight excluding hydrogens is 326 g/mol. The molecule has 0 aliphatic carbocycles. The van der Waals surface area contributed by atoms with E-state index in [1.165, 1.54) is 0 Å². The number of rotatable bonds is 14. The predicted molar refractivity (Wildman–Crippen MR) is 109 cm³/mol. The summed E-state index contributed by atoms with van der Waals surface area (Å²) in [5.41, 5.74) is 0.228. The summed E-state index contributed by atoms with van der Waals surface area (Å²) in [6.07, 6.45) is 30.5. The number of hydrogen-bond acceptors (Lipinski definition) is 3. The van der Waals surface area contributed by atoms with Crippen molar-refractivity contribution in [3.8, 4) is 0 Å². The molecule has 0 aliphatic heterocycles. The van der Waals surface area contributed by atoms with Crippen LogP contribution in [0.1, 0.15) is 45.4 Å².